The SMILES string of the molecule is O=C(O)c1ccc(Br)cc1OCc1ccc(Br)s1. The fourth-order valence-corrected chi connectivity index (χ4v) is 3.11. The van der Waals surface area contributed by atoms with Crippen LogP contribution in [0.4, 0.5) is 0 Å². The van der Waals surface area contributed by atoms with Gasteiger partial charge in [-0.05, 0) is 46.3 Å². The van der Waals surface area contributed by atoms with Gasteiger partial charge in [0.05, 0.1) is 3.79 Å². The summed E-state index contributed by atoms with van der Waals surface area (Å²) in [4.78, 5) is 12.1. The molecule has 0 spiro atoms. The number of benzene rings is 1. The molecule has 0 aliphatic carbocycles. The third-order valence-electron chi connectivity index (χ3n) is 2.17. The van der Waals surface area contributed by atoms with E-state index in [1.807, 2.05) is 12.1 Å². The molecule has 2 aromatic rings. The molecule has 1 N–H and O–H groups in total. The first kappa shape index (κ1) is 13.6. The second-order valence-electron chi connectivity index (χ2n) is 3.44. The van der Waals surface area contributed by atoms with Crippen LogP contribution in [0.2, 0.25) is 0 Å². The molecule has 1 aromatic carbocycles. The Hall–Kier alpha value is -0.850. The second-order valence-corrected chi connectivity index (χ2v) is 6.90. The second kappa shape index (κ2) is 5.86. The number of carboxylic acids is 1. The maximum Gasteiger partial charge on any atom is 0.339 e. The van der Waals surface area contributed by atoms with Gasteiger partial charge in [0.25, 0.3) is 0 Å². The molecule has 0 radical (unpaired) electrons. The summed E-state index contributed by atoms with van der Waals surface area (Å²) in [6, 6.07) is 8.73. The van der Waals surface area contributed by atoms with Gasteiger partial charge in [-0.3, -0.25) is 0 Å². The van der Waals surface area contributed by atoms with E-state index in [1.54, 1.807) is 23.5 Å². The van der Waals surface area contributed by atoms with Gasteiger partial charge < -0.3 is 9.84 Å². The van der Waals surface area contributed by atoms with Gasteiger partial charge >= 0.3 is 5.97 Å². The van der Waals surface area contributed by atoms with Gasteiger partial charge in [0.2, 0.25) is 0 Å². The number of carboxylic acid groups (broad SMARTS) is 1. The van der Waals surface area contributed by atoms with Crippen LogP contribution in [0.15, 0.2) is 38.6 Å². The van der Waals surface area contributed by atoms with Crippen molar-refractivity contribution in [3.63, 3.8) is 0 Å². The minimum absolute atomic E-state index is 0.161. The molecule has 0 amide bonds. The van der Waals surface area contributed by atoms with Crippen LogP contribution < -0.4 is 4.74 Å². The van der Waals surface area contributed by atoms with Crippen LogP contribution in [-0.4, -0.2) is 11.1 Å². The van der Waals surface area contributed by atoms with Crippen molar-refractivity contribution in [1.82, 2.24) is 0 Å². The van der Waals surface area contributed by atoms with Gasteiger partial charge in [0, 0.05) is 9.35 Å². The van der Waals surface area contributed by atoms with Crippen LogP contribution in [0.25, 0.3) is 0 Å². The fraction of sp³-hybridized carbons (Fsp3) is 0.0833. The van der Waals surface area contributed by atoms with Crippen LogP contribution >= 0.6 is 43.2 Å². The number of rotatable bonds is 4. The minimum atomic E-state index is -0.995. The third-order valence-corrected chi connectivity index (χ3v) is 4.26. The number of aromatic carboxylic acids is 1. The van der Waals surface area contributed by atoms with Crippen molar-refractivity contribution in [1.29, 1.82) is 0 Å². The fourth-order valence-electron chi connectivity index (χ4n) is 1.37. The predicted octanol–water partition coefficient (Wildman–Crippen LogP) is 4.55. The highest BCUT2D eigenvalue weighted by Gasteiger charge is 2.12. The van der Waals surface area contributed by atoms with E-state index in [9.17, 15) is 4.79 Å². The summed E-state index contributed by atoms with van der Waals surface area (Å²) in [5, 5.41) is 9.06. The number of hydrogen-bond acceptors (Lipinski definition) is 3. The lowest BCUT2D eigenvalue weighted by Gasteiger charge is -2.08. The van der Waals surface area contributed by atoms with Gasteiger partial charge in [-0.2, -0.15) is 0 Å². The van der Waals surface area contributed by atoms with Crippen LogP contribution in [0.5, 0.6) is 5.75 Å². The van der Waals surface area contributed by atoms with E-state index in [1.165, 1.54) is 6.07 Å². The third kappa shape index (κ3) is 3.34. The van der Waals surface area contributed by atoms with Gasteiger partial charge in [-0.15, -0.1) is 11.3 Å². The zero-order chi connectivity index (χ0) is 13.1. The summed E-state index contributed by atoms with van der Waals surface area (Å²) in [6.07, 6.45) is 0. The Kier molecular flexibility index (Phi) is 4.42. The van der Waals surface area contributed by atoms with Crippen molar-refractivity contribution in [3.05, 3.63) is 49.0 Å². The summed E-state index contributed by atoms with van der Waals surface area (Å²) in [5.41, 5.74) is 0.161. The lowest BCUT2D eigenvalue weighted by atomic mass is 10.2. The first-order valence-corrected chi connectivity index (χ1v) is 7.36. The molecule has 18 heavy (non-hydrogen) atoms. The topological polar surface area (TPSA) is 46.5 Å². The predicted molar refractivity (Wildman–Crippen MR) is 77.5 cm³/mol. The Bertz CT molecular complexity index is 580. The van der Waals surface area contributed by atoms with Crippen molar-refractivity contribution >= 4 is 49.2 Å². The largest absolute Gasteiger partial charge is 0.487 e. The molecule has 2 rings (SSSR count). The molecule has 0 fully saturated rings. The number of carbonyl (C=O) groups is 1. The maximum atomic E-state index is 11.0. The standard InChI is InChI=1S/C12H8Br2O3S/c13-7-1-3-9(12(15)16)10(5-7)17-6-8-2-4-11(14)18-8/h1-5H,6H2,(H,15,16). The highest BCUT2D eigenvalue weighted by molar-refractivity contribution is 9.11. The van der Waals surface area contributed by atoms with Gasteiger partial charge in [0.1, 0.15) is 17.9 Å². The van der Waals surface area contributed by atoms with Gasteiger partial charge in [0.15, 0.2) is 0 Å². The molecule has 3 nitrogen and oxygen atoms in total. The molecule has 0 aliphatic heterocycles. The normalized spacial score (nSPS) is 10.3. The highest BCUT2D eigenvalue weighted by Crippen LogP contribution is 2.27. The minimum Gasteiger partial charge on any atom is -0.487 e. The Labute approximate surface area is 125 Å². The van der Waals surface area contributed by atoms with Gasteiger partial charge in [-0.25, -0.2) is 4.79 Å². The summed E-state index contributed by atoms with van der Waals surface area (Å²) in [5.74, 6) is -0.633. The van der Waals surface area contributed by atoms with Crippen LogP contribution in [-0.2, 0) is 6.61 Å². The van der Waals surface area contributed by atoms with E-state index in [0.29, 0.717) is 12.4 Å². The number of hydrogen-bond donors (Lipinski definition) is 1. The Morgan fingerprint density at radius 1 is 1.28 bits per heavy atom. The molecule has 94 valence electrons. The van der Waals surface area contributed by atoms with Crippen LogP contribution in [0.3, 0.4) is 0 Å². The van der Waals surface area contributed by atoms with Crippen LogP contribution in [0, 0.1) is 0 Å². The maximum absolute atomic E-state index is 11.0. The zero-order valence-electron chi connectivity index (χ0n) is 9.02. The average molecular weight is 392 g/mol. The van der Waals surface area contributed by atoms with Crippen LogP contribution in [0.1, 0.15) is 15.2 Å². The number of halogens is 2. The van der Waals surface area contributed by atoms with Crippen molar-refractivity contribution in [2.24, 2.45) is 0 Å². The first-order chi connectivity index (χ1) is 8.56. The van der Waals surface area contributed by atoms with E-state index in [2.05, 4.69) is 31.9 Å². The summed E-state index contributed by atoms with van der Waals surface area (Å²) >= 11 is 8.22. The lowest BCUT2D eigenvalue weighted by Crippen LogP contribution is -2.02. The van der Waals surface area contributed by atoms with E-state index < -0.39 is 5.97 Å². The molecule has 1 heterocycles. The van der Waals surface area contributed by atoms with Crippen molar-refractivity contribution in [2.75, 3.05) is 0 Å². The molecule has 0 unspecified atom stereocenters. The molecule has 0 bridgehead atoms. The Morgan fingerprint density at radius 2 is 2.06 bits per heavy atom. The highest BCUT2D eigenvalue weighted by atomic mass is 79.9. The van der Waals surface area contributed by atoms with Crippen molar-refractivity contribution in [2.45, 2.75) is 6.61 Å². The van der Waals surface area contributed by atoms with E-state index in [-0.39, 0.29) is 5.56 Å². The van der Waals surface area contributed by atoms with Crippen molar-refractivity contribution < 1.29 is 14.6 Å². The molecule has 1 aromatic heterocycles. The summed E-state index contributed by atoms with van der Waals surface area (Å²) in [7, 11) is 0. The molecular weight excluding hydrogens is 384 g/mol. The quantitative estimate of drug-likeness (QED) is 0.831. The molecule has 0 aliphatic rings. The summed E-state index contributed by atoms with van der Waals surface area (Å²) in [6.45, 7) is 0.354. The zero-order valence-corrected chi connectivity index (χ0v) is 13.0. The number of thiophene rings is 1. The Morgan fingerprint density at radius 3 is 2.67 bits per heavy atom. The van der Waals surface area contributed by atoms with Gasteiger partial charge in [-0.1, -0.05) is 15.9 Å². The van der Waals surface area contributed by atoms with E-state index in [0.717, 1.165) is 13.1 Å². The number of ether oxygens (including phenoxy) is 1. The molecule has 0 saturated heterocycles. The average Bonchev–Trinajstić information content (AvgIpc) is 2.72. The summed E-state index contributed by atoms with van der Waals surface area (Å²) < 4.78 is 7.37. The first-order valence-electron chi connectivity index (χ1n) is 4.96. The van der Waals surface area contributed by atoms with E-state index in [4.69, 9.17) is 9.84 Å². The molecule has 0 atom stereocenters. The molecule has 6 heteroatoms. The Balaban J connectivity index is 2.17. The molecular formula is C12H8Br2O3S. The van der Waals surface area contributed by atoms with Crippen molar-refractivity contribution in [3.8, 4) is 5.75 Å². The lowest BCUT2D eigenvalue weighted by molar-refractivity contribution is 0.0692. The van der Waals surface area contributed by atoms with E-state index >= 15 is 0 Å². The monoisotopic (exact) mass is 390 g/mol. The molecule has 0 saturated carbocycles. The smallest absolute Gasteiger partial charge is 0.339 e.